The molecule has 0 aliphatic heterocycles. The maximum absolute atomic E-state index is 12.8. The van der Waals surface area contributed by atoms with Crippen molar-refractivity contribution < 1.29 is 14.3 Å². The van der Waals surface area contributed by atoms with Gasteiger partial charge in [-0.05, 0) is 29.6 Å². The van der Waals surface area contributed by atoms with Crippen LogP contribution >= 0.6 is 22.9 Å². The molecule has 0 spiro atoms. The standard InChI is InChI=1S/C23H17ClN2O3S/c24-19-9-3-1-8-17(19)21-12-18(16-7-2-4-10-20(16)26-21)23(28)29-14-22(27)25-13-15-6-5-11-30-15/h1-12H,13-14H2,(H,25,27). The molecule has 4 aromatic rings. The zero-order valence-corrected chi connectivity index (χ0v) is 17.4. The summed E-state index contributed by atoms with van der Waals surface area (Å²) in [4.78, 5) is 30.5. The van der Waals surface area contributed by atoms with Gasteiger partial charge in [-0.25, -0.2) is 9.78 Å². The van der Waals surface area contributed by atoms with Gasteiger partial charge in [-0.15, -0.1) is 11.3 Å². The van der Waals surface area contributed by atoms with Gasteiger partial charge in [-0.2, -0.15) is 0 Å². The molecule has 0 saturated heterocycles. The molecule has 0 aliphatic rings. The third kappa shape index (κ3) is 4.50. The average Bonchev–Trinajstić information content (AvgIpc) is 3.29. The second kappa shape index (κ2) is 9.07. The molecule has 0 saturated carbocycles. The van der Waals surface area contributed by atoms with E-state index in [1.54, 1.807) is 29.5 Å². The maximum atomic E-state index is 12.8. The zero-order valence-electron chi connectivity index (χ0n) is 15.8. The van der Waals surface area contributed by atoms with Gasteiger partial charge < -0.3 is 10.1 Å². The number of fused-ring (bicyclic) bond motifs is 1. The Morgan fingerprint density at radius 2 is 1.83 bits per heavy atom. The predicted molar refractivity (Wildman–Crippen MR) is 119 cm³/mol. The minimum Gasteiger partial charge on any atom is -0.452 e. The molecule has 0 bridgehead atoms. The fraction of sp³-hybridized carbons (Fsp3) is 0.0870. The van der Waals surface area contributed by atoms with Crippen LogP contribution in [-0.4, -0.2) is 23.5 Å². The van der Waals surface area contributed by atoms with Crippen LogP contribution in [-0.2, 0) is 16.1 Å². The van der Waals surface area contributed by atoms with Crippen LogP contribution in [0.4, 0.5) is 0 Å². The second-order valence-electron chi connectivity index (χ2n) is 6.48. The molecule has 1 amide bonds. The smallest absolute Gasteiger partial charge is 0.339 e. The molecule has 0 fully saturated rings. The number of thiophene rings is 1. The Labute approximate surface area is 182 Å². The molecule has 0 unspecified atom stereocenters. The molecule has 0 aliphatic carbocycles. The summed E-state index contributed by atoms with van der Waals surface area (Å²) in [5, 5.41) is 5.86. The summed E-state index contributed by atoms with van der Waals surface area (Å²) >= 11 is 7.86. The molecule has 5 nitrogen and oxygen atoms in total. The summed E-state index contributed by atoms with van der Waals surface area (Å²) < 4.78 is 5.28. The van der Waals surface area contributed by atoms with Gasteiger partial charge in [-0.3, -0.25) is 4.79 Å². The van der Waals surface area contributed by atoms with E-state index in [0.29, 0.717) is 39.3 Å². The maximum Gasteiger partial charge on any atom is 0.339 e. The Morgan fingerprint density at radius 1 is 1.03 bits per heavy atom. The van der Waals surface area contributed by atoms with Crippen molar-refractivity contribution in [3.05, 3.63) is 87.6 Å². The normalized spacial score (nSPS) is 10.7. The molecule has 150 valence electrons. The lowest BCUT2D eigenvalue weighted by Crippen LogP contribution is -2.28. The number of aromatic nitrogens is 1. The van der Waals surface area contributed by atoms with Crippen LogP contribution in [0, 0.1) is 0 Å². The summed E-state index contributed by atoms with van der Waals surface area (Å²) in [7, 11) is 0. The van der Waals surface area contributed by atoms with Crippen molar-refractivity contribution in [2.75, 3.05) is 6.61 Å². The zero-order chi connectivity index (χ0) is 20.9. The van der Waals surface area contributed by atoms with E-state index in [9.17, 15) is 9.59 Å². The fourth-order valence-corrected chi connectivity index (χ4v) is 3.89. The van der Waals surface area contributed by atoms with Gasteiger partial charge in [0, 0.05) is 20.8 Å². The van der Waals surface area contributed by atoms with Crippen molar-refractivity contribution in [3.8, 4) is 11.3 Å². The van der Waals surface area contributed by atoms with Crippen molar-refractivity contribution in [1.29, 1.82) is 0 Å². The summed E-state index contributed by atoms with van der Waals surface area (Å²) in [6.45, 7) is 0.0468. The number of amides is 1. The summed E-state index contributed by atoms with van der Waals surface area (Å²) in [6, 6.07) is 20.1. The number of carbonyl (C=O) groups is 2. The second-order valence-corrected chi connectivity index (χ2v) is 7.92. The van der Waals surface area contributed by atoms with E-state index in [4.69, 9.17) is 16.3 Å². The Morgan fingerprint density at radius 3 is 2.63 bits per heavy atom. The third-order valence-electron chi connectivity index (χ3n) is 4.46. The minimum absolute atomic E-state index is 0.335. The van der Waals surface area contributed by atoms with Crippen molar-refractivity contribution >= 4 is 45.7 Å². The van der Waals surface area contributed by atoms with Gasteiger partial charge in [0.2, 0.25) is 0 Å². The van der Waals surface area contributed by atoms with E-state index in [2.05, 4.69) is 10.3 Å². The SMILES string of the molecule is O=C(COC(=O)c1cc(-c2ccccc2Cl)nc2ccccc12)NCc1cccs1. The highest BCUT2D eigenvalue weighted by Crippen LogP contribution is 2.30. The van der Waals surface area contributed by atoms with Crippen LogP contribution in [0.3, 0.4) is 0 Å². The molecular weight excluding hydrogens is 420 g/mol. The number of benzene rings is 2. The lowest BCUT2D eigenvalue weighted by Gasteiger charge is -2.11. The van der Waals surface area contributed by atoms with Gasteiger partial charge in [0.05, 0.1) is 23.3 Å². The van der Waals surface area contributed by atoms with Crippen LogP contribution in [0.25, 0.3) is 22.2 Å². The third-order valence-corrected chi connectivity index (χ3v) is 5.67. The highest BCUT2D eigenvalue weighted by Gasteiger charge is 2.17. The number of hydrogen-bond donors (Lipinski definition) is 1. The number of hydrogen-bond acceptors (Lipinski definition) is 5. The fourth-order valence-electron chi connectivity index (χ4n) is 3.01. The molecule has 0 atom stereocenters. The monoisotopic (exact) mass is 436 g/mol. The van der Waals surface area contributed by atoms with E-state index in [0.717, 1.165) is 4.88 Å². The lowest BCUT2D eigenvalue weighted by molar-refractivity contribution is -0.124. The number of pyridine rings is 1. The van der Waals surface area contributed by atoms with Gasteiger partial charge in [0.25, 0.3) is 5.91 Å². The van der Waals surface area contributed by atoms with E-state index in [-0.39, 0.29) is 12.5 Å². The van der Waals surface area contributed by atoms with E-state index < -0.39 is 5.97 Å². The first-order valence-electron chi connectivity index (χ1n) is 9.23. The number of carbonyl (C=O) groups excluding carboxylic acids is 2. The Kier molecular flexibility index (Phi) is 6.07. The largest absolute Gasteiger partial charge is 0.452 e. The molecule has 2 aromatic heterocycles. The number of nitrogens with one attached hydrogen (secondary N) is 1. The molecule has 7 heteroatoms. The first-order chi connectivity index (χ1) is 14.6. The van der Waals surface area contributed by atoms with Gasteiger partial charge in [-0.1, -0.05) is 54.1 Å². The quantitative estimate of drug-likeness (QED) is 0.427. The molecule has 0 radical (unpaired) electrons. The Hall–Kier alpha value is -3.22. The summed E-state index contributed by atoms with van der Waals surface area (Å²) in [5.74, 6) is -0.949. The van der Waals surface area contributed by atoms with Crippen molar-refractivity contribution in [3.63, 3.8) is 0 Å². The Bertz CT molecular complexity index is 1210. The van der Waals surface area contributed by atoms with Crippen LogP contribution in [0.5, 0.6) is 0 Å². The van der Waals surface area contributed by atoms with Crippen LogP contribution in [0.2, 0.25) is 5.02 Å². The van der Waals surface area contributed by atoms with Gasteiger partial charge in [0.15, 0.2) is 6.61 Å². The number of para-hydroxylation sites is 1. The van der Waals surface area contributed by atoms with Gasteiger partial charge >= 0.3 is 5.97 Å². The average molecular weight is 437 g/mol. The first kappa shape index (κ1) is 20.1. The topological polar surface area (TPSA) is 68.3 Å². The molecular formula is C23H17ClN2O3S. The van der Waals surface area contributed by atoms with Crippen LogP contribution in [0.15, 0.2) is 72.1 Å². The number of nitrogens with zero attached hydrogens (tertiary/aromatic N) is 1. The number of ether oxygens (including phenoxy) is 1. The highest BCUT2D eigenvalue weighted by molar-refractivity contribution is 7.09. The molecule has 2 aromatic carbocycles. The molecule has 4 rings (SSSR count). The van der Waals surface area contributed by atoms with Crippen molar-refractivity contribution in [2.24, 2.45) is 0 Å². The highest BCUT2D eigenvalue weighted by atomic mass is 35.5. The number of esters is 1. The summed E-state index contributed by atoms with van der Waals surface area (Å²) in [6.07, 6.45) is 0. The molecule has 2 heterocycles. The Balaban J connectivity index is 1.55. The first-order valence-corrected chi connectivity index (χ1v) is 10.5. The van der Waals surface area contributed by atoms with E-state index >= 15 is 0 Å². The predicted octanol–water partition coefficient (Wildman–Crippen LogP) is 5.09. The van der Waals surface area contributed by atoms with Crippen molar-refractivity contribution in [2.45, 2.75) is 6.54 Å². The van der Waals surface area contributed by atoms with Gasteiger partial charge in [0.1, 0.15) is 0 Å². The number of halogens is 1. The van der Waals surface area contributed by atoms with Crippen LogP contribution < -0.4 is 5.32 Å². The molecule has 30 heavy (non-hydrogen) atoms. The number of rotatable bonds is 6. The lowest BCUT2D eigenvalue weighted by atomic mass is 10.0. The van der Waals surface area contributed by atoms with Crippen LogP contribution in [0.1, 0.15) is 15.2 Å². The summed E-state index contributed by atoms with van der Waals surface area (Å²) in [5.41, 5.74) is 2.26. The van der Waals surface area contributed by atoms with E-state index in [1.165, 1.54) is 0 Å². The minimum atomic E-state index is -0.590. The van der Waals surface area contributed by atoms with E-state index in [1.807, 2.05) is 53.9 Å². The molecule has 1 N–H and O–H groups in total. The van der Waals surface area contributed by atoms with Crippen molar-refractivity contribution in [1.82, 2.24) is 10.3 Å².